The van der Waals surface area contributed by atoms with Crippen molar-refractivity contribution in [1.29, 1.82) is 5.26 Å². The first kappa shape index (κ1) is 13.7. The Bertz CT molecular complexity index is 573. The number of hydrogen-bond acceptors (Lipinski definition) is 4. The second-order valence-corrected chi connectivity index (χ2v) is 4.30. The average Bonchev–Trinajstić information content (AvgIpc) is 2.99. The zero-order valence-electron chi connectivity index (χ0n) is 10.9. The third-order valence-corrected chi connectivity index (χ3v) is 2.88. The van der Waals surface area contributed by atoms with Crippen molar-refractivity contribution in [2.24, 2.45) is 0 Å². The van der Waals surface area contributed by atoms with Gasteiger partial charge in [0.15, 0.2) is 0 Å². The average molecular weight is 269 g/mol. The number of aryl methyl sites for hydroxylation is 1. The summed E-state index contributed by atoms with van der Waals surface area (Å²) in [5, 5.41) is 18.4. The van der Waals surface area contributed by atoms with Gasteiger partial charge in [-0.1, -0.05) is 30.3 Å². The van der Waals surface area contributed by atoms with E-state index in [0.29, 0.717) is 18.5 Å². The monoisotopic (exact) mass is 269 g/mol. The molecule has 0 aliphatic rings. The Balaban J connectivity index is 1.80. The van der Waals surface area contributed by atoms with Gasteiger partial charge in [-0.15, -0.1) is 0 Å². The highest BCUT2D eigenvalue weighted by Gasteiger charge is 2.19. The van der Waals surface area contributed by atoms with E-state index in [4.69, 9.17) is 5.26 Å². The summed E-state index contributed by atoms with van der Waals surface area (Å²) in [6.07, 6.45) is 2.91. The maximum Gasteiger partial charge on any atom is 0.241 e. The first-order valence-electron chi connectivity index (χ1n) is 6.38. The highest BCUT2D eigenvalue weighted by Crippen LogP contribution is 2.14. The smallest absolute Gasteiger partial charge is 0.241 e. The number of benzene rings is 1. The van der Waals surface area contributed by atoms with Gasteiger partial charge in [0, 0.05) is 13.0 Å². The van der Waals surface area contributed by atoms with Crippen molar-refractivity contribution in [3.63, 3.8) is 0 Å². The summed E-state index contributed by atoms with van der Waals surface area (Å²) in [5.41, 5.74) is 0.711. The van der Waals surface area contributed by atoms with Crippen molar-refractivity contribution in [2.45, 2.75) is 18.8 Å². The number of aromatic nitrogens is 3. The summed E-state index contributed by atoms with van der Waals surface area (Å²) in [6, 6.07) is 11.1. The summed E-state index contributed by atoms with van der Waals surface area (Å²) in [7, 11) is 0. The number of nitrogens with zero attached hydrogens (tertiary/aromatic N) is 3. The predicted octanol–water partition coefficient (Wildman–Crippen LogP) is 1.16. The van der Waals surface area contributed by atoms with E-state index < -0.39 is 5.92 Å². The summed E-state index contributed by atoms with van der Waals surface area (Å²) in [5.74, 6) is -0.239. The topological polar surface area (TPSA) is 94.5 Å². The van der Waals surface area contributed by atoms with Crippen molar-refractivity contribution < 1.29 is 4.79 Å². The molecule has 0 bridgehead atoms. The van der Waals surface area contributed by atoms with Gasteiger partial charge in [-0.05, 0) is 12.0 Å². The molecule has 1 unspecified atom stereocenters. The maximum atomic E-state index is 12.0. The number of amides is 1. The Morgan fingerprint density at radius 1 is 1.40 bits per heavy atom. The molecule has 102 valence electrons. The van der Waals surface area contributed by atoms with Crippen LogP contribution >= 0.6 is 0 Å². The SMILES string of the molecule is N#CC(C(=O)NCCCc1ncn[nH]1)c1ccccc1. The number of carbonyl (C=O) groups excluding carboxylic acids is 1. The second kappa shape index (κ2) is 7.04. The van der Waals surface area contributed by atoms with Crippen molar-refractivity contribution in [2.75, 3.05) is 6.54 Å². The van der Waals surface area contributed by atoms with Crippen molar-refractivity contribution in [3.8, 4) is 6.07 Å². The van der Waals surface area contributed by atoms with Crippen LogP contribution in [0.3, 0.4) is 0 Å². The molecule has 0 saturated heterocycles. The van der Waals surface area contributed by atoms with Gasteiger partial charge in [-0.2, -0.15) is 10.4 Å². The van der Waals surface area contributed by atoms with Crippen LogP contribution in [0.2, 0.25) is 0 Å². The van der Waals surface area contributed by atoms with Gasteiger partial charge in [0.2, 0.25) is 5.91 Å². The molecule has 6 heteroatoms. The van der Waals surface area contributed by atoms with E-state index in [-0.39, 0.29) is 5.91 Å². The molecule has 0 aliphatic heterocycles. The first-order chi connectivity index (χ1) is 9.81. The number of rotatable bonds is 6. The lowest BCUT2D eigenvalue weighted by Gasteiger charge is -2.10. The van der Waals surface area contributed by atoms with Crippen molar-refractivity contribution in [3.05, 3.63) is 48.0 Å². The van der Waals surface area contributed by atoms with Crippen LogP contribution in [-0.2, 0) is 11.2 Å². The molecule has 2 rings (SSSR count). The fourth-order valence-corrected chi connectivity index (χ4v) is 1.85. The van der Waals surface area contributed by atoms with Crippen molar-refractivity contribution >= 4 is 5.91 Å². The number of nitrogens with one attached hydrogen (secondary N) is 2. The van der Waals surface area contributed by atoms with Crippen LogP contribution in [0.25, 0.3) is 0 Å². The van der Waals surface area contributed by atoms with Gasteiger partial charge in [-0.3, -0.25) is 9.89 Å². The van der Waals surface area contributed by atoms with E-state index in [1.54, 1.807) is 12.1 Å². The molecule has 1 aromatic heterocycles. The Morgan fingerprint density at radius 3 is 2.85 bits per heavy atom. The highest BCUT2D eigenvalue weighted by molar-refractivity contribution is 5.86. The third-order valence-electron chi connectivity index (χ3n) is 2.88. The molecular weight excluding hydrogens is 254 g/mol. The number of aromatic amines is 1. The number of hydrogen-bond donors (Lipinski definition) is 2. The van der Waals surface area contributed by atoms with Gasteiger partial charge in [-0.25, -0.2) is 4.98 Å². The van der Waals surface area contributed by atoms with E-state index in [1.165, 1.54) is 6.33 Å². The van der Waals surface area contributed by atoms with Gasteiger partial charge in [0.1, 0.15) is 18.1 Å². The number of nitriles is 1. The molecule has 0 radical (unpaired) electrons. The zero-order chi connectivity index (χ0) is 14.2. The lowest BCUT2D eigenvalue weighted by atomic mass is 10.00. The molecule has 1 amide bonds. The quantitative estimate of drug-likeness (QED) is 0.769. The summed E-state index contributed by atoms with van der Waals surface area (Å²) in [4.78, 5) is 16.0. The molecule has 1 atom stereocenters. The van der Waals surface area contributed by atoms with Crippen LogP contribution in [-0.4, -0.2) is 27.6 Å². The molecule has 2 aromatic rings. The normalized spacial score (nSPS) is 11.6. The first-order valence-corrected chi connectivity index (χ1v) is 6.38. The molecule has 0 fully saturated rings. The molecule has 0 spiro atoms. The van der Waals surface area contributed by atoms with Crippen LogP contribution in [0, 0.1) is 11.3 Å². The fourth-order valence-electron chi connectivity index (χ4n) is 1.85. The van der Waals surface area contributed by atoms with E-state index in [2.05, 4.69) is 20.5 Å². The van der Waals surface area contributed by atoms with Gasteiger partial charge in [0.05, 0.1) is 6.07 Å². The molecule has 1 heterocycles. The van der Waals surface area contributed by atoms with Crippen LogP contribution in [0.15, 0.2) is 36.7 Å². The molecule has 0 saturated carbocycles. The Labute approximate surface area is 116 Å². The highest BCUT2D eigenvalue weighted by atomic mass is 16.1. The molecule has 20 heavy (non-hydrogen) atoms. The maximum absolute atomic E-state index is 12.0. The Hall–Kier alpha value is -2.68. The minimum absolute atomic E-state index is 0.267. The van der Waals surface area contributed by atoms with Gasteiger partial charge >= 0.3 is 0 Å². The molecule has 0 aliphatic carbocycles. The molecule has 2 N–H and O–H groups in total. The van der Waals surface area contributed by atoms with E-state index >= 15 is 0 Å². The van der Waals surface area contributed by atoms with Crippen LogP contribution in [0.4, 0.5) is 0 Å². The summed E-state index contributed by atoms with van der Waals surface area (Å²) < 4.78 is 0. The molecular formula is C14H15N5O. The van der Waals surface area contributed by atoms with E-state index in [9.17, 15) is 4.79 Å². The Kier molecular flexibility index (Phi) is 4.84. The number of H-pyrrole nitrogens is 1. The fraction of sp³-hybridized carbons (Fsp3) is 0.286. The second-order valence-electron chi connectivity index (χ2n) is 4.30. The van der Waals surface area contributed by atoms with Gasteiger partial charge < -0.3 is 5.32 Å². The summed E-state index contributed by atoms with van der Waals surface area (Å²) in [6.45, 7) is 0.505. The summed E-state index contributed by atoms with van der Waals surface area (Å²) >= 11 is 0. The van der Waals surface area contributed by atoms with Crippen molar-refractivity contribution in [1.82, 2.24) is 20.5 Å². The predicted molar refractivity (Wildman–Crippen MR) is 72.5 cm³/mol. The van der Waals surface area contributed by atoms with Crippen LogP contribution < -0.4 is 5.32 Å². The Morgan fingerprint density at radius 2 is 2.20 bits per heavy atom. The minimum Gasteiger partial charge on any atom is -0.355 e. The van der Waals surface area contributed by atoms with Crippen LogP contribution in [0.5, 0.6) is 0 Å². The lowest BCUT2D eigenvalue weighted by Crippen LogP contribution is -2.29. The third kappa shape index (κ3) is 3.65. The molecule has 1 aromatic carbocycles. The standard InChI is InChI=1S/C14H15N5O/c15-9-12(11-5-2-1-3-6-11)14(20)16-8-4-7-13-17-10-18-19-13/h1-3,5-6,10,12H,4,7-8H2,(H,16,20)(H,17,18,19). The largest absolute Gasteiger partial charge is 0.355 e. The van der Waals surface area contributed by atoms with E-state index in [0.717, 1.165) is 12.2 Å². The molecule has 6 nitrogen and oxygen atoms in total. The van der Waals surface area contributed by atoms with Gasteiger partial charge in [0.25, 0.3) is 0 Å². The minimum atomic E-state index is -0.763. The van der Waals surface area contributed by atoms with Crippen LogP contribution in [0.1, 0.15) is 23.7 Å². The number of carbonyl (C=O) groups is 1. The lowest BCUT2D eigenvalue weighted by molar-refractivity contribution is -0.121. The zero-order valence-corrected chi connectivity index (χ0v) is 10.9. The van der Waals surface area contributed by atoms with E-state index in [1.807, 2.05) is 24.3 Å².